The number of rotatable bonds is 4. The van der Waals surface area contributed by atoms with Crippen molar-refractivity contribution in [1.29, 1.82) is 0 Å². The van der Waals surface area contributed by atoms with Gasteiger partial charge < -0.3 is 15.8 Å². The molecule has 0 aliphatic carbocycles. The van der Waals surface area contributed by atoms with E-state index in [1.54, 1.807) is 19.4 Å². The molecule has 0 unspecified atom stereocenters. The number of nitrogens with two attached hydrogens (primary N) is 1. The molecule has 2 rings (SSSR count). The van der Waals surface area contributed by atoms with Crippen LogP contribution in [0.4, 0.5) is 11.6 Å². The molecule has 2 aromatic heterocycles. The third-order valence-corrected chi connectivity index (χ3v) is 2.90. The second-order valence-electron chi connectivity index (χ2n) is 5.81. The average Bonchev–Trinajstić information content (AvgIpc) is 2.44. The zero-order chi connectivity index (χ0) is 15.5. The van der Waals surface area contributed by atoms with Crippen LogP contribution in [0.2, 0.25) is 0 Å². The molecule has 0 aliphatic rings. The molecule has 0 bridgehead atoms. The summed E-state index contributed by atoms with van der Waals surface area (Å²) in [5, 5.41) is 3.25. The van der Waals surface area contributed by atoms with Crippen LogP contribution >= 0.6 is 0 Å². The van der Waals surface area contributed by atoms with E-state index in [0.29, 0.717) is 24.1 Å². The average molecular weight is 287 g/mol. The van der Waals surface area contributed by atoms with E-state index in [0.717, 1.165) is 11.4 Å². The Morgan fingerprint density at radius 3 is 2.67 bits per heavy atom. The maximum absolute atomic E-state index is 5.85. The Morgan fingerprint density at radius 1 is 1.24 bits per heavy atom. The van der Waals surface area contributed by atoms with Crippen molar-refractivity contribution in [2.24, 2.45) is 0 Å². The highest BCUT2D eigenvalue weighted by Gasteiger charge is 2.18. The molecule has 0 amide bonds. The summed E-state index contributed by atoms with van der Waals surface area (Å²) in [6.07, 6.45) is 1.71. The molecule has 0 fully saturated rings. The summed E-state index contributed by atoms with van der Waals surface area (Å²) in [4.78, 5) is 12.9. The Kier molecular flexibility index (Phi) is 4.26. The Hall–Kier alpha value is -2.37. The Morgan fingerprint density at radius 2 is 2.00 bits per heavy atom. The van der Waals surface area contributed by atoms with E-state index < -0.39 is 0 Å². The van der Waals surface area contributed by atoms with Crippen LogP contribution in [-0.4, -0.2) is 22.1 Å². The third-order valence-electron chi connectivity index (χ3n) is 2.90. The van der Waals surface area contributed by atoms with Gasteiger partial charge in [0.2, 0.25) is 5.88 Å². The number of ether oxygens (including phenoxy) is 1. The first-order chi connectivity index (χ1) is 9.88. The highest BCUT2D eigenvalue weighted by Crippen LogP contribution is 2.21. The smallest absolute Gasteiger partial charge is 0.213 e. The van der Waals surface area contributed by atoms with Crippen molar-refractivity contribution in [2.45, 2.75) is 32.7 Å². The molecule has 0 aliphatic heterocycles. The predicted octanol–water partition coefficient (Wildman–Crippen LogP) is 2.37. The Labute approximate surface area is 124 Å². The van der Waals surface area contributed by atoms with E-state index in [1.165, 1.54) is 0 Å². The fraction of sp³-hybridized carbons (Fsp3) is 0.400. The summed E-state index contributed by atoms with van der Waals surface area (Å²) in [5.74, 6) is 2.48. The van der Waals surface area contributed by atoms with Crippen LogP contribution in [0.25, 0.3) is 0 Å². The minimum absolute atomic E-state index is 0.147. The zero-order valence-corrected chi connectivity index (χ0v) is 12.8. The van der Waals surface area contributed by atoms with Gasteiger partial charge in [-0.3, -0.25) is 0 Å². The normalized spacial score (nSPS) is 11.2. The molecule has 0 atom stereocenters. The molecule has 0 spiro atoms. The van der Waals surface area contributed by atoms with Gasteiger partial charge in [0.05, 0.1) is 7.11 Å². The molecule has 3 N–H and O–H groups in total. The van der Waals surface area contributed by atoms with E-state index in [4.69, 9.17) is 10.5 Å². The number of hydrogen-bond acceptors (Lipinski definition) is 6. The molecule has 0 radical (unpaired) electrons. The van der Waals surface area contributed by atoms with Gasteiger partial charge in [-0.05, 0) is 11.6 Å². The van der Waals surface area contributed by atoms with Crippen molar-refractivity contribution in [3.8, 4) is 5.88 Å². The van der Waals surface area contributed by atoms with Crippen molar-refractivity contribution < 1.29 is 4.74 Å². The molecule has 2 heterocycles. The highest BCUT2D eigenvalue weighted by atomic mass is 16.5. The number of pyridine rings is 1. The quantitative estimate of drug-likeness (QED) is 0.898. The molecule has 112 valence electrons. The van der Waals surface area contributed by atoms with Crippen molar-refractivity contribution in [2.75, 3.05) is 18.2 Å². The van der Waals surface area contributed by atoms with Crippen LogP contribution in [-0.2, 0) is 12.0 Å². The molecule has 21 heavy (non-hydrogen) atoms. The van der Waals surface area contributed by atoms with Crippen LogP contribution in [0.3, 0.4) is 0 Å². The molecular weight excluding hydrogens is 266 g/mol. The number of aromatic nitrogens is 3. The molecular formula is C15H21N5O. The maximum atomic E-state index is 5.85. The monoisotopic (exact) mass is 287 g/mol. The first-order valence-electron chi connectivity index (χ1n) is 6.76. The number of methoxy groups -OCH3 is 1. The minimum Gasteiger partial charge on any atom is -0.481 e. The molecule has 0 aromatic carbocycles. The van der Waals surface area contributed by atoms with Crippen LogP contribution in [0.5, 0.6) is 5.88 Å². The van der Waals surface area contributed by atoms with Gasteiger partial charge in [-0.2, -0.15) is 0 Å². The van der Waals surface area contributed by atoms with Crippen molar-refractivity contribution in [1.82, 2.24) is 15.0 Å². The van der Waals surface area contributed by atoms with E-state index in [2.05, 4.69) is 41.0 Å². The van der Waals surface area contributed by atoms with Gasteiger partial charge in [0.25, 0.3) is 0 Å². The van der Waals surface area contributed by atoms with Crippen molar-refractivity contribution in [3.05, 3.63) is 35.8 Å². The van der Waals surface area contributed by atoms with Crippen LogP contribution in [0.15, 0.2) is 24.4 Å². The van der Waals surface area contributed by atoms with Crippen LogP contribution in [0, 0.1) is 0 Å². The van der Waals surface area contributed by atoms with Crippen LogP contribution in [0.1, 0.15) is 32.2 Å². The lowest BCUT2D eigenvalue weighted by Crippen LogP contribution is -2.18. The second kappa shape index (κ2) is 5.95. The van der Waals surface area contributed by atoms with E-state index >= 15 is 0 Å². The van der Waals surface area contributed by atoms with E-state index in [9.17, 15) is 0 Å². The zero-order valence-electron chi connectivity index (χ0n) is 12.8. The van der Waals surface area contributed by atoms with E-state index in [-0.39, 0.29) is 5.41 Å². The topological polar surface area (TPSA) is 86.0 Å². The first kappa shape index (κ1) is 15.0. The van der Waals surface area contributed by atoms with Gasteiger partial charge in [0.1, 0.15) is 17.5 Å². The lowest BCUT2D eigenvalue weighted by Gasteiger charge is -2.18. The number of nitrogen functional groups attached to an aromatic ring is 1. The van der Waals surface area contributed by atoms with Gasteiger partial charge in [-0.15, -0.1) is 0 Å². The van der Waals surface area contributed by atoms with Gasteiger partial charge in [-0.25, -0.2) is 15.0 Å². The Bertz CT molecular complexity index is 622. The minimum atomic E-state index is -0.147. The predicted molar refractivity (Wildman–Crippen MR) is 83.3 cm³/mol. The summed E-state index contributed by atoms with van der Waals surface area (Å²) in [6.45, 7) is 6.77. The number of anilines is 2. The highest BCUT2D eigenvalue weighted by molar-refractivity contribution is 5.45. The van der Waals surface area contributed by atoms with Crippen molar-refractivity contribution >= 4 is 11.6 Å². The van der Waals surface area contributed by atoms with Gasteiger partial charge in [0, 0.05) is 30.3 Å². The summed E-state index contributed by atoms with van der Waals surface area (Å²) in [5.41, 5.74) is 6.75. The summed E-state index contributed by atoms with van der Waals surface area (Å²) in [6, 6.07) is 5.53. The second-order valence-corrected chi connectivity index (χ2v) is 5.81. The maximum Gasteiger partial charge on any atom is 0.213 e. The fourth-order valence-corrected chi connectivity index (χ4v) is 1.76. The summed E-state index contributed by atoms with van der Waals surface area (Å²) < 4.78 is 5.11. The lowest BCUT2D eigenvalue weighted by atomic mass is 9.96. The fourth-order valence-electron chi connectivity index (χ4n) is 1.76. The third kappa shape index (κ3) is 4.05. The van der Waals surface area contributed by atoms with Gasteiger partial charge >= 0.3 is 0 Å². The SMILES string of the molecule is COc1cc(CNc2cc(N)nc(C(C)(C)C)n2)ccn1. The number of hydrogen-bond donors (Lipinski definition) is 2. The molecule has 6 heteroatoms. The van der Waals surface area contributed by atoms with Crippen LogP contribution < -0.4 is 15.8 Å². The molecule has 2 aromatic rings. The van der Waals surface area contributed by atoms with Crippen molar-refractivity contribution in [3.63, 3.8) is 0 Å². The van der Waals surface area contributed by atoms with E-state index in [1.807, 2.05) is 12.1 Å². The number of nitrogens with zero attached hydrogens (tertiary/aromatic N) is 3. The van der Waals surface area contributed by atoms with Gasteiger partial charge in [-0.1, -0.05) is 20.8 Å². The summed E-state index contributed by atoms with van der Waals surface area (Å²) in [7, 11) is 1.60. The lowest BCUT2D eigenvalue weighted by molar-refractivity contribution is 0.397. The molecule has 0 saturated heterocycles. The first-order valence-corrected chi connectivity index (χ1v) is 6.76. The summed E-state index contributed by atoms with van der Waals surface area (Å²) >= 11 is 0. The Balaban J connectivity index is 2.14. The standard InChI is InChI=1S/C15H21N5O/c1-15(2,3)14-19-11(16)8-12(20-14)18-9-10-5-6-17-13(7-10)21-4/h5-8H,9H2,1-4H3,(H3,16,18,19,20). The molecule has 0 saturated carbocycles. The molecule has 6 nitrogen and oxygen atoms in total. The van der Waals surface area contributed by atoms with Gasteiger partial charge in [0.15, 0.2) is 0 Å². The number of nitrogens with one attached hydrogen (secondary N) is 1. The largest absolute Gasteiger partial charge is 0.481 e.